The van der Waals surface area contributed by atoms with E-state index in [4.69, 9.17) is 5.73 Å². The summed E-state index contributed by atoms with van der Waals surface area (Å²) in [5.74, 6) is -0.0405. The van der Waals surface area contributed by atoms with E-state index in [0.717, 1.165) is 23.7 Å². The lowest BCUT2D eigenvalue weighted by atomic mass is 9.89. The average molecular weight is 313 g/mol. The maximum absolute atomic E-state index is 12.2. The van der Waals surface area contributed by atoms with Crippen LogP contribution in [0.4, 0.5) is 5.69 Å². The van der Waals surface area contributed by atoms with Crippen molar-refractivity contribution in [1.82, 2.24) is 5.32 Å². The van der Waals surface area contributed by atoms with Gasteiger partial charge in [-0.1, -0.05) is 20.8 Å². The minimum Gasteiger partial charge on any atom is -0.398 e. The fourth-order valence-corrected chi connectivity index (χ4v) is 2.38. The Labute approximate surface area is 117 Å². The number of benzene rings is 1. The zero-order valence-corrected chi connectivity index (χ0v) is 12.8. The third kappa shape index (κ3) is 3.25. The van der Waals surface area contributed by atoms with E-state index in [2.05, 4.69) is 42.0 Å². The molecule has 0 bridgehead atoms. The van der Waals surface area contributed by atoms with Gasteiger partial charge in [-0.3, -0.25) is 4.79 Å². The highest BCUT2D eigenvalue weighted by molar-refractivity contribution is 9.10. The maximum Gasteiger partial charge on any atom is 0.251 e. The molecule has 0 heterocycles. The maximum atomic E-state index is 12.2. The molecule has 1 rings (SSSR count). The number of amides is 1. The zero-order chi connectivity index (χ0) is 13.8. The largest absolute Gasteiger partial charge is 0.398 e. The Morgan fingerprint density at radius 3 is 2.28 bits per heavy atom. The third-order valence-corrected chi connectivity index (χ3v) is 4.36. The van der Waals surface area contributed by atoms with Gasteiger partial charge in [-0.05, 0) is 53.4 Å². The Morgan fingerprint density at radius 2 is 1.83 bits per heavy atom. The average Bonchev–Trinajstić information content (AvgIpc) is 2.39. The monoisotopic (exact) mass is 312 g/mol. The van der Waals surface area contributed by atoms with Crippen LogP contribution in [0.2, 0.25) is 0 Å². The summed E-state index contributed by atoms with van der Waals surface area (Å²) in [4.78, 5) is 12.2. The summed E-state index contributed by atoms with van der Waals surface area (Å²) in [6.45, 7) is 6.31. The number of carbonyl (C=O) groups is 1. The Hall–Kier alpha value is -1.03. The van der Waals surface area contributed by atoms with Gasteiger partial charge in [-0.2, -0.15) is 0 Å². The lowest BCUT2D eigenvalue weighted by Gasteiger charge is -2.31. The van der Waals surface area contributed by atoms with Crippen LogP contribution in [0.3, 0.4) is 0 Å². The van der Waals surface area contributed by atoms with Crippen molar-refractivity contribution in [3.8, 4) is 0 Å². The van der Waals surface area contributed by atoms with Crippen LogP contribution in [-0.2, 0) is 0 Å². The summed E-state index contributed by atoms with van der Waals surface area (Å²) in [5.41, 5.74) is 6.88. The quantitative estimate of drug-likeness (QED) is 0.814. The van der Waals surface area contributed by atoms with E-state index in [9.17, 15) is 4.79 Å². The molecule has 3 N–H and O–H groups in total. The first-order valence-corrected chi connectivity index (χ1v) is 7.14. The van der Waals surface area contributed by atoms with Gasteiger partial charge in [0.1, 0.15) is 0 Å². The van der Waals surface area contributed by atoms with Crippen LogP contribution < -0.4 is 11.1 Å². The van der Waals surface area contributed by atoms with E-state index in [-0.39, 0.29) is 11.4 Å². The van der Waals surface area contributed by atoms with Crippen LogP contribution in [0, 0.1) is 0 Å². The molecule has 1 amide bonds. The summed E-state index contributed by atoms with van der Waals surface area (Å²) in [5, 5.41) is 3.14. The number of nitrogens with one attached hydrogen (secondary N) is 1. The van der Waals surface area contributed by atoms with Crippen molar-refractivity contribution in [2.45, 2.75) is 45.6 Å². The predicted molar refractivity (Wildman–Crippen MR) is 79.6 cm³/mol. The molecule has 3 nitrogen and oxygen atoms in total. The molecule has 100 valence electrons. The number of carbonyl (C=O) groups excluding carboxylic acids is 1. The Bertz CT molecular complexity index is 420. The number of anilines is 1. The Balaban J connectivity index is 2.90. The highest BCUT2D eigenvalue weighted by Gasteiger charge is 2.26. The normalized spacial score (nSPS) is 11.3. The highest BCUT2D eigenvalue weighted by atomic mass is 79.9. The second kappa shape index (κ2) is 6.23. The minimum atomic E-state index is -0.106. The van der Waals surface area contributed by atoms with Crippen molar-refractivity contribution in [3.63, 3.8) is 0 Å². The van der Waals surface area contributed by atoms with Gasteiger partial charge in [0.25, 0.3) is 5.91 Å². The van der Waals surface area contributed by atoms with Crippen molar-refractivity contribution in [1.29, 1.82) is 0 Å². The van der Waals surface area contributed by atoms with Crippen LogP contribution in [-0.4, -0.2) is 11.4 Å². The summed E-state index contributed by atoms with van der Waals surface area (Å²) < 4.78 is 0.755. The van der Waals surface area contributed by atoms with E-state index >= 15 is 0 Å². The molecule has 1 aromatic rings. The predicted octanol–water partition coefficient (Wildman–Crippen LogP) is 3.73. The fourth-order valence-electron chi connectivity index (χ4n) is 2.00. The van der Waals surface area contributed by atoms with E-state index in [1.807, 2.05) is 0 Å². The van der Waals surface area contributed by atoms with Crippen LogP contribution in [0.5, 0.6) is 0 Å². The number of nitrogens with two attached hydrogens (primary N) is 1. The molecule has 0 fully saturated rings. The molecule has 0 unspecified atom stereocenters. The third-order valence-electron chi connectivity index (χ3n) is 3.67. The molecule has 0 aromatic heterocycles. The second-order valence-corrected chi connectivity index (χ2v) is 5.39. The second-order valence-electron chi connectivity index (χ2n) is 4.53. The van der Waals surface area contributed by atoms with Gasteiger partial charge in [-0.25, -0.2) is 0 Å². The van der Waals surface area contributed by atoms with Crippen molar-refractivity contribution >= 4 is 27.5 Å². The molecule has 0 radical (unpaired) electrons. The number of halogens is 1. The van der Waals surface area contributed by atoms with Crippen molar-refractivity contribution in [2.24, 2.45) is 0 Å². The van der Waals surface area contributed by atoms with Crippen molar-refractivity contribution in [2.75, 3.05) is 5.73 Å². The van der Waals surface area contributed by atoms with Gasteiger partial charge in [0, 0.05) is 21.3 Å². The first-order valence-electron chi connectivity index (χ1n) is 6.35. The molecular formula is C14H21BrN2O. The van der Waals surface area contributed by atoms with E-state index in [1.54, 1.807) is 18.2 Å². The molecule has 0 aliphatic heterocycles. The number of nitrogen functional groups attached to an aromatic ring is 1. The van der Waals surface area contributed by atoms with E-state index < -0.39 is 0 Å². The molecule has 4 heteroatoms. The molecule has 0 atom stereocenters. The summed E-state index contributed by atoms with van der Waals surface area (Å²) in [6.07, 6.45) is 2.80. The van der Waals surface area contributed by atoms with E-state index in [0.29, 0.717) is 11.3 Å². The van der Waals surface area contributed by atoms with E-state index in [1.165, 1.54) is 0 Å². The Morgan fingerprint density at radius 1 is 1.28 bits per heavy atom. The smallest absolute Gasteiger partial charge is 0.251 e. The lowest BCUT2D eigenvalue weighted by molar-refractivity contribution is 0.0888. The fraction of sp³-hybridized carbons (Fsp3) is 0.500. The van der Waals surface area contributed by atoms with Crippen LogP contribution in [0.1, 0.15) is 50.4 Å². The molecule has 0 saturated heterocycles. The Kier molecular flexibility index (Phi) is 5.20. The molecule has 0 saturated carbocycles. The van der Waals surface area contributed by atoms with Gasteiger partial charge >= 0.3 is 0 Å². The van der Waals surface area contributed by atoms with Gasteiger partial charge in [-0.15, -0.1) is 0 Å². The zero-order valence-electron chi connectivity index (χ0n) is 11.2. The summed E-state index contributed by atoms with van der Waals surface area (Å²) in [6, 6.07) is 5.25. The van der Waals surface area contributed by atoms with Crippen LogP contribution in [0.15, 0.2) is 22.7 Å². The molecule has 0 spiro atoms. The van der Waals surface area contributed by atoms with Crippen molar-refractivity contribution in [3.05, 3.63) is 28.2 Å². The van der Waals surface area contributed by atoms with Crippen LogP contribution in [0.25, 0.3) is 0 Å². The lowest BCUT2D eigenvalue weighted by Crippen LogP contribution is -2.47. The van der Waals surface area contributed by atoms with Gasteiger partial charge < -0.3 is 11.1 Å². The highest BCUT2D eigenvalue weighted by Crippen LogP contribution is 2.23. The molecule has 1 aromatic carbocycles. The molecule has 0 aliphatic carbocycles. The summed E-state index contributed by atoms with van der Waals surface area (Å²) in [7, 11) is 0. The first-order chi connectivity index (χ1) is 8.48. The first kappa shape index (κ1) is 15.0. The molecule has 18 heavy (non-hydrogen) atoms. The summed E-state index contributed by atoms with van der Waals surface area (Å²) >= 11 is 3.34. The SMILES string of the molecule is CCC(CC)(CC)NC(=O)c1ccc(N)c(Br)c1. The topological polar surface area (TPSA) is 55.1 Å². The van der Waals surface area contributed by atoms with Gasteiger partial charge in [0.2, 0.25) is 0 Å². The minimum absolute atomic E-state index is 0.0405. The van der Waals surface area contributed by atoms with Gasteiger partial charge in [0.15, 0.2) is 0 Å². The molecule has 0 aliphatic rings. The number of rotatable bonds is 5. The number of hydrogen-bond donors (Lipinski definition) is 2. The van der Waals surface area contributed by atoms with Crippen LogP contribution >= 0.6 is 15.9 Å². The number of hydrogen-bond acceptors (Lipinski definition) is 2. The molecular weight excluding hydrogens is 292 g/mol. The van der Waals surface area contributed by atoms with Gasteiger partial charge in [0.05, 0.1) is 0 Å². The standard InChI is InChI=1S/C14H21BrN2O/c1-4-14(5-2,6-3)17-13(18)10-7-8-12(16)11(15)9-10/h7-9H,4-6,16H2,1-3H3,(H,17,18). The van der Waals surface area contributed by atoms with Crippen molar-refractivity contribution < 1.29 is 4.79 Å².